The minimum atomic E-state index is -4.09. The van der Waals surface area contributed by atoms with Gasteiger partial charge in [-0.1, -0.05) is 11.6 Å². The highest BCUT2D eigenvalue weighted by Crippen LogP contribution is 2.24. The van der Waals surface area contributed by atoms with E-state index in [1.807, 2.05) is 10.6 Å². The SMILES string of the molecule is FC(F)(F)CCCCn1c(CCCl)nc2cc(Cl)ccc21. The van der Waals surface area contributed by atoms with E-state index in [1.54, 1.807) is 12.1 Å². The Balaban J connectivity index is 2.14. The van der Waals surface area contributed by atoms with Crippen LogP contribution in [0.3, 0.4) is 0 Å². The Morgan fingerprint density at radius 1 is 1.19 bits per heavy atom. The van der Waals surface area contributed by atoms with Crippen LogP contribution in [0.15, 0.2) is 18.2 Å². The van der Waals surface area contributed by atoms with Gasteiger partial charge in [0, 0.05) is 30.3 Å². The number of alkyl halides is 4. The van der Waals surface area contributed by atoms with Crippen molar-refractivity contribution in [3.05, 3.63) is 29.0 Å². The molecule has 1 aromatic heterocycles. The molecule has 0 aliphatic heterocycles. The molecular weight excluding hydrogens is 324 g/mol. The largest absolute Gasteiger partial charge is 0.389 e. The first-order valence-corrected chi connectivity index (χ1v) is 7.59. The van der Waals surface area contributed by atoms with Gasteiger partial charge in [0.1, 0.15) is 5.82 Å². The Morgan fingerprint density at radius 2 is 1.95 bits per heavy atom. The Labute approximate surface area is 130 Å². The minimum Gasteiger partial charge on any atom is -0.328 e. The third-order valence-electron chi connectivity index (χ3n) is 3.20. The summed E-state index contributed by atoms with van der Waals surface area (Å²) < 4.78 is 38.4. The van der Waals surface area contributed by atoms with E-state index in [-0.39, 0.29) is 6.42 Å². The molecule has 0 spiro atoms. The highest BCUT2D eigenvalue weighted by molar-refractivity contribution is 6.31. The van der Waals surface area contributed by atoms with Crippen LogP contribution >= 0.6 is 23.2 Å². The summed E-state index contributed by atoms with van der Waals surface area (Å²) in [6.07, 6.45) is -3.72. The first-order valence-electron chi connectivity index (χ1n) is 6.68. The third kappa shape index (κ3) is 4.51. The molecule has 1 aromatic carbocycles. The number of nitrogens with zero attached hydrogens (tertiary/aromatic N) is 2. The Bertz CT molecular complexity index is 608. The van der Waals surface area contributed by atoms with Gasteiger partial charge in [-0.25, -0.2) is 4.98 Å². The number of fused-ring (bicyclic) bond motifs is 1. The second-order valence-corrected chi connectivity index (χ2v) is 5.64. The smallest absolute Gasteiger partial charge is 0.328 e. The first-order chi connectivity index (χ1) is 9.90. The van der Waals surface area contributed by atoms with Crippen LogP contribution in [0.4, 0.5) is 13.2 Å². The monoisotopic (exact) mass is 338 g/mol. The fraction of sp³-hybridized carbons (Fsp3) is 0.500. The lowest BCUT2D eigenvalue weighted by Gasteiger charge is -2.09. The predicted molar refractivity (Wildman–Crippen MR) is 79.1 cm³/mol. The van der Waals surface area contributed by atoms with Crippen LogP contribution in [0, 0.1) is 0 Å². The van der Waals surface area contributed by atoms with Crippen LogP contribution in [-0.4, -0.2) is 21.6 Å². The van der Waals surface area contributed by atoms with E-state index in [0.717, 1.165) is 16.9 Å². The number of rotatable bonds is 6. The predicted octanol–water partition coefficient (Wildman–Crippen LogP) is 5.20. The van der Waals surface area contributed by atoms with Gasteiger partial charge in [0.25, 0.3) is 0 Å². The van der Waals surface area contributed by atoms with Crippen LogP contribution in [0.25, 0.3) is 11.0 Å². The van der Waals surface area contributed by atoms with Crippen LogP contribution in [0.2, 0.25) is 5.02 Å². The molecule has 0 unspecified atom stereocenters. The van der Waals surface area contributed by atoms with E-state index in [1.165, 1.54) is 0 Å². The van der Waals surface area contributed by atoms with E-state index >= 15 is 0 Å². The molecule has 0 amide bonds. The number of unbranched alkanes of at least 4 members (excludes halogenated alkanes) is 1. The van der Waals surface area contributed by atoms with Crippen LogP contribution in [0.1, 0.15) is 25.1 Å². The molecule has 2 aromatic rings. The second-order valence-electron chi connectivity index (χ2n) is 4.82. The van der Waals surface area contributed by atoms with Gasteiger partial charge in [0.15, 0.2) is 0 Å². The lowest BCUT2D eigenvalue weighted by atomic mass is 10.2. The topological polar surface area (TPSA) is 17.8 Å². The van der Waals surface area contributed by atoms with Crippen molar-refractivity contribution < 1.29 is 13.2 Å². The number of benzene rings is 1. The van der Waals surface area contributed by atoms with Crippen molar-refractivity contribution in [3.8, 4) is 0 Å². The molecule has 116 valence electrons. The third-order valence-corrected chi connectivity index (χ3v) is 3.62. The zero-order chi connectivity index (χ0) is 15.5. The standard InChI is InChI=1S/C14H15Cl2F3N2/c15-7-5-13-20-11-9-10(16)3-4-12(11)21(13)8-2-1-6-14(17,18)19/h3-4,9H,1-2,5-8H2. The quantitative estimate of drug-likeness (QED) is 0.522. The summed E-state index contributed by atoms with van der Waals surface area (Å²) >= 11 is 11.7. The summed E-state index contributed by atoms with van der Waals surface area (Å²) in [7, 11) is 0. The van der Waals surface area contributed by atoms with Crippen molar-refractivity contribution in [1.29, 1.82) is 0 Å². The summed E-state index contributed by atoms with van der Waals surface area (Å²) in [6, 6.07) is 5.34. The van der Waals surface area contributed by atoms with Crippen LogP contribution in [-0.2, 0) is 13.0 Å². The Kier molecular flexibility index (Phi) is 5.38. The van der Waals surface area contributed by atoms with E-state index in [4.69, 9.17) is 23.2 Å². The summed E-state index contributed by atoms with van der Waals surface area (Å²) in [6.45, 7) is 0.500. The summed E-state index contributed by atoms with van der Waals surface area (Å²) in [5.74, 6) is 1.20. The average Bonchev–Trinajstić information content (AvgIpc) is 2.71. The van der Waals surface area contributed by atoms with Gasteiger partial charge in [0.05, 0.1) is 11.0 Å². The number of imidazole rings is 1. The summed E-state index contributed by atoms with van der Waals surface area (Å²) in [5, 5.41) is 0.585. The fourth-order valence-corrected chi connectivity index (χ4v) is 2.61. The molecule has 0 N–H and O–H groups in total. The van der Waals surface area contributed by atoms with Crippen molar-refractivity contribution in [3.63, 3.8) is 0 Å². The van der Waals surface area contributed by atoms with Crippen molar-refractivity contribution >= 4 is 34.2 Å². The summed E-state index contributed by atoms with van der Waals surface area (Å²) in [4.78, 5) is 4.46. The average molecular weight is 339 g/mol. The maximum atomic E-state index is 12.2. The number of halogens is 5. The molecule has 0 bridgehead atoms. The normalized spacial score (nSPS) is 12.2. The van der Waals surface area contributed by atoms with E-state index in [2.05, 4.69) is 4.98 Å². The molecule has 0 aliphatic rings. The van der Waals surface area contributed by atoms with Crippen molar-refractivity contribution in [2.75, 3.05) is 5.88 Å². The van der Waals surface area contributed by atoms with E-state index < -0.39 is 12.6 Å². The van der Waals surface area contributed by atoms with Gasteiger partial charge in [-0.3, -0.25) is 0 Å². The molecule has 0 saturated heterocycles. The molecule has 2 nitrogen and oxygen atoms in total. The molecule has 2 rings (SSSR count). The summed E-state index contributed by atoms with van der Waals surface area (Å²) in [5.41, 5.74) is 1.63. The van der Waals surface area contributed by atoms with Gasteiger partial charge in [-0.15, -0.1) is 11.6 Å². The zero-order valence-corrected chi connectivity index (χ0v) is 12.8. The van der Waals surface area contributed by atoms with Crippen LogP contribution < -0.4 is 0 Å². The number of hydrogen-bond donors (Lipinski definition) is 0. The second kappa shape index (κ2) is 6.88. The molecular formula is C14H15Cl2F3N2. The lowest BCUT2D eigenvalue weighted by molar-refractivity contribution is -0.135. The Hall–Kier alpha value is -0.940. The molecule has 0 radical (unpaired) electrons. The first kappa shape index (κ1) is 16.4. The molecule has 0 atom stereocenters. The van der Waals surface area contributed by atoms with Gasteiger partial charge >= 0.3 is 6.18 Å². The number of hydrogen-bond acceptors (Lipinski definition) is 1. The lowest BCUT2D eigenvalue weighted by Crippen LogP contribution is -2.09. The van der Waals surface area contributed by atoms with Gasteiger partial charge < -0.3 is 4.57 Å². The van der Waals surface area contributed by atoms with Crippen molar-refractivity contribution in [2.24, 2.45) is 0 Å². The van der Waals surface area contributed by atoms with Crippen molar-refractivity contribution in [2.45, 2.75) is 38.4 Å². The maximum absolute atomic E-state index is 12.2. The minimum absolute atomic E-state index is 0.108. The molecule has 7 heteroatoms. The zero-order valence-electron chi connectivity index (χ0n) is 11.3. The Morgan fingerprint density at radius 3 is 2.62 bits per heavy atom. The number of aromatic nitrogens is 2. The van der Waals surface area contributed by atoms with Crippen molar-refractivity contribution in [1.82, 2.24) is 9.55 Å². The molecule has 0 fully saturated rings. The molecule has 0 aliphatic carbocycles. The van der Waals surface area contributed by atoms with Crippen LogP contribution in [0.5, 0.6) is 0 Å². The highest BCUT2D eigenvalue weighted by atomic mass is 35.5. The van der Waals surface area contributed by atoms with E-state index in [0.29, 0.717) is 30.3 Å². The molecule has 21 heavy (non-hydrogen) atoms. The van der Waals surface area contributed by atoms with E-state index in [9.17, 15) is 13.2 Å². The molecule has 0 saturated carbocycles. The number of aryl methyl sites for hydroxylation is 2. The van der Waals surface area contributed by atoms with Gasteiger partial charge in [-0.2, -0.15) is 13.2 Å². The van der Waals surface area contributed by atoms with Gasteiger partial charge in [0.2, 0.25) is 0 Å². The highest BCUT2D eigenvalue weighted by Gasteiger charge is 2.25. The van der Waals surface area contributed by atoms with Gasteiger partial charge in [-0.05, 0) is 31.0 Å². The molecule has 1 heterocycles. The maximum Gasteiger partial charge on any atom is 0.389 e. The fourth-order valence-electron chi connectivity index (χ4n) is 2.27.